The maximum absolute atomic E-state index is 12.2. The second-order valence-corrected chi connectivity index (χ2v) is 4.72. The summed E-state index contributed by atoms with van der Waals surface area (Å²) in [5.41, 5.74) is 0.923. The number of para-hydroxylation sites is 1. The van der Waals surface area contributed by atoms with E-state index in [0.717, 1.165) is 5.56 Å². The van der Waals surface area contributed by atoms with Crippen LogP contribution in [-0.4, -0.2) is 36.4 Å². The molecule has 0 aliphatic rings. The number of Topliss-reactive ketones (excluding diaryl/α,β-unsaturated/α-hetero) is 1. The summed E-state index contributed by atoms with van der Waals surface area (Å²) < 4.78 is 11.5. The number of hydrogen-bond donors (Lipinski definition) is 0. The Bertz CT molecular complexity index is 737. The molecule has 0 N–H and O–H groups in total. The highest BCUT2D eigenvalue weighted by molar-refractivity contribution is 5.94. The van der Waals surface area contributed by atoms with Crippen LogP contribution in [0.1, 0.15) is 17.3 Å². The standard InChI is InChI=1S/C16H18N2O4/c1-11(19)13-10-14(12-6-4-5-7-15(12)22-3)17-18(16(13)20)8-9-21-2/h4-7,10H,8-9H2,1-3H3. The molecule has 1 heterocycles. The van der Waals surface area contributed by atoms with Gasteiger partial charge in [-0.2, -0.15) is 5.10 Å². The number of benzene rings is 1. The third kappa shape index (κ3) is 3.23. The SMILES string of the molecule is COCCn1nc(-c2ccccc2OC)cc(C(C)=O)c1=O. The smallest absolute Gasteiger partial charge is 0.277 e. The zero-order valence-corrected chi connectivity index (χ0v) is 12.8. The highest BCUT2D eigenvalue weighted by Crippen LogP contribution is 2.27. The number of rotatable bonds is 6. The first-order valence-corrected chi connectivity index (χ1v) is 6.84. The molecule has 0 atom stereocenters. The van der Waals surface area contributed by atoms with Crippen molar-refractivity contribution in [1.29, 1.82) is 0 Å². The van der Waals surface area contributed by atoms with Crippen molar-refractivity contribution >= 4 is 5.78 Å². The molecule has 0 amide bonds. The summed E-state index contributed by atoms with van der Waals surface area (Å²) in [6.45, 7) is 1.97. The van der Waals surface area contributed by atoms with Crippen LogP contribution in [-0.2, 0) is 11.3 Å². The molecule has 0 aliphatic heterocycles. The van der Waals surface area contributed by atoms with Crippen molar-refractivity contribution in [2.45, 2.75) is 13.5 Å². The predicted octanol–water partition coefficient (Wildman–Crippen LogP) is 1.77. The van der Waals surface area contributed by atoms with Gasteiger partial charge in [-0.1, -0.05) is 12.1 Å². The zero-order chi connectivity index (χ0) is 16.1. The van der Waals surface area contributed by atoms with Crippen LogP contribution in [0, 0.1) is 0 Å². The first-order valence-electron chi connectivity index (χ1n) is 6.84. The van der Waals surface area contributed by atoms with Gasteiger partial charge < -0.3 is 9.47 Å². The molecule has 2 rings (SSSR count). The van der Waals surface area contributed by atoms with Crippen molar-refractivity contribution in [3.05, 3.63) is 46.2 Å². The van der Waals surface area contributed by atoms with Gasteiger partial charge in [-0.3, -0.25) is 9.59 Å². The van der Waals surface area contributed by atoms with Crippen LogP contribution in [0.5, 0.6) is 5.75 Å². The molecule has 0 saturated heterocycles. The number of carbonyl (C=O) groups excluding carboxylic acids is 1. The summed E-state index contributed by atoms with van der Waals surface area (Å²) in [7, 11) is 3.10. The summed E-state index contributed by atoms with van der Waals surface area (Å²) in [6.07, 6.45) is 0. The third-order valence-electron chi connectivity index (χ3n) is 3.24. The molecule has 0 unspecified atom stereocenters. The lowest BCUT2D eigenvalue weighted by Crippen LogP contribution is -2.29. The van der Waals surface area contributed by atoms with Gasteiger partial charge in [-0.15, -0.1) is 0 Å². The third-order valence-corrected chi connectivity index (χ3v) is 3.24. The van der Waals surface area contributed by atoms with E-state index in [2.05, 4.69) is 5.10 Å². The van der Waals surface area contributed by atoms with Gasteiger partial charge in [0, 0.05) is 12.7 Å². The number of carbonyl (C=O) groups is 1. The van der Waals surface area contributed by atoms with Crippen LogP contribution >= 0.6 is 0 Å². The maximum atomic E-state index is 12.2. The average Bonchev–Trinajstić information content (AvgIpc) is 2.53. The van der Waals surface area contributed by atoms with E-state index in [1.165, 1.54) is 17.7 Å². The van der Waals surface area contributed by atoms with E-state index < -0.39 is 5.56 Å². The summed E-state index contributed by atoms with van der Waals surface area (Å²) >= 11 is 0. The molecule has 6 heteroatoms. The van der Waals surface area contributed by atoms with Crippen LogP contribution in [0.25, 0.3) is 11.3 Å². The van der Waals surface area contributed by atoms with E-state index in [0.29, 0.717) is 18.1 Å². The Balaban J connectivity index is 2.63. The minimum Gasteiger partial charge on any atom is -0.496 e. The van der Waals surface area contributed by atoms with Crippen LogP contribution in [0.4, 0.5) is 0 Å². The Morgan fingerprint density at radius 1 is 1.27 bits per heavy atom. The minimum atomic E-state index is -0.414. The molecule has 0 bridgehead atoms. The Kier molecular flexibility index (Phi) is 5.06. The van der Waals surface area contributed by atoms with Crippen molar-refractivity contribution in [2.24, 2.45) is 0 Å². The Morgan fingerprint density at radius 3 is 2.64 bits per heavy atom. The summed E-state index contributed by atoms with van der Waals surface area (Å²) in [5, 5.41) is 4.32. The highest BCUT2D eigenvalue weighted by atomic mass is 16.5. The molecule has 0 radical (unpaired) electrons. The molecule has 0 saturated carbocycles. The molecule has 116 valence electrons. The van der Waals surface area contributed by atoms with Crippen LogP contribution in [0.15, 0.2) is 35.1 Å². The molecule has 0 fully saturated rings. The van der Waals surface area contributed by atoms with Crippen molar-refractivity contribution in [3.8, 4) is 17.0 Å². The van der Waals surface area contributed by atoms with Crippen molar-refractivity contribution in [1.82, 2.24) is 9.78 Å². The molecule has 0 aliphatic carbocycles. The van der Waals surface area contributed by atoms with E-state index in [4.69, 9.17) is 9.47 Å². The average molecular weight is 302 g/mol. The number of ether oxygens (including phenoxy) is 2. The van der Waals surface area contributed by atoms with Gasteiger partial charge in [0.15, 0.2) is 5.78 Å². The molecule has 0 spiro atoms. The fraction of sp³-hybridized carbons (Fsp3) is 0.312. The van der Waals surface area contributed by atoms with E-state index in [9.17, 15) is 9.59 Å². The van der Waals surface area contributed by atoms with Gasteiger partial charge in [-0.05, 0) is 25.1 Å². The molecule has 2 aromatic rings. The normalized spacial score (nSPS) is 10.5. The number of methoxy groups -OCH3 is 2. The summed E-state index contributed by atoms with van der Waals surface area (Å²) in [6, 6.07) is 8.82. The number of aromatic nitrogens is 2. The molecular formula is C16H18N2O4. The van der Waals surface area contributed by atoms with E-state index in [1.807, 2.05) is 18.2 Å². The summed E-state index contributed by atoms with van der Waals surface area (Å²) in [5.74, 6) is 0.330. The Labute approximate surface area is 128 Å². The van der Waals surface area contributed by atoms with Gasteiger partial charge in [0.25, 0.3) is 5.56 Å². The van der Waals surface area contributed by atoms with Gasteiger partial charge >= 0.3 is 0 Å². The van der Waals surface area contributed by atoms with Gasteiger partial charge in [0.05, 0.1) is 31.5 Å². The first-order chi connectivity index (χ1) is 10.6. The molecule has 1 aromatic carbocycles. The van der Waals surface area contributed by atoms with Crippen LogP contribution < -0.4 is 10.3 Å². The second kappa shape index (κ2) is 7.00. The Morgan fingerprint density at radius 2 is 2.00 bits per heavy atom. The molecule has 22 heavy (non-hydrogen) atoms. The molecular weight excluding hydrogens is 284 g/mol. The lowest BCUT2D eigenvalue weighted by atomic mass is 10.1. The van der Waals surface area contributed by atoms with Crippen LogP contribution in [0.2, 0.25) is 0 Å². The topological polar surface area (TPSA) is 70.4 Å². The van der Waals surface area contributed by atoms with Crippen molar-refractivity contribution in [2.75, 3.05) is 20.8 Å². The minimum absolute atomic E-state index is 0.104. The Hall–Kier alpha value is -2.47. The summed E-state index contributed by atoms with van der Waals surface area (Å²) in [4.78, 5) is 24.0. The van der Waals surface area contributed by atoms with E-state index in [-0.39, 0.29) is 17.9 Å². The number of hydrogen-bond acceptors (Lipinski definition) is 5. The van der Waals surface area contributed by atoms with E-state index >= 15 is 0 Å². The zero-order valence-electron chi connectivity index (χ0n) is 12.8. The largest absolute Gasteiger partial charge is 0.496 e. The fourth-order valence-corrected chi connectivity index (χ4v) is 2.11. The van der Waals surface area contributed by atoms with Gasteiger partial charge in [0.1, 0.15) is 5.75 Å². The monoisotopic (exact) mass is 302 g/mol. The lowest BCUT2D eigenvalue weighted by molar-refractivity contribution is 0.101. The van der Waals surface area contributed by atoms with Gasteiger partial charge in [-0.25, -0.2) is 4.68 Å². The highest BCUT2D eigenvalue weighted by Gasteiger charge is 2.15. The van der Waals surface area contributed by atoms with Crippen molar-refractivity contribution < 1.29 is 14.3 Å². The van der Waals surface area contributed by atoms with E-state index in [1.54, 1.807) is 20.3 Å². The lowest BCUT2D eigenvalue weighted by Gasteiger charge is -2.11. The first kappa shape index (κ1) is 15.9. The quantitative estimate of drug-likeness (QED) is 0.761. The number of nitrogens with zero attached hydrogens (tertiary/aromatic N) is 2. The maximum Gasteiger partial charge on any atom is 0.277 e. The predicted molar refractivity (Wildman–Crippen MR) is 82.4 cm³/mol. The fourth-order valence-electron chi connectivity index (χ4n) is 2.11. The molecule has 6 nitrogen and oxygen atoms in total. The van der Waals surface area contributed by atoms with Gasteiger partial charge in [0.2, 0.25) is 0 Å². The van der Waals surface area contributed by atoms with Crippen molar-refractivity contribution in [3.63, 3.8) is 0 Å². The second-order valence-electron chi connectivity index (χ2n) is 4.72. The van der Waals surface area contributed by atoms with Crippen LogP contribution in [0.3, 0.4) is 0 Å². The molecule has 1 aromatic heterocycles. The number of ketones is 1.